The van der Waals surface area contributed by atoms with Crippen LogP contribution in [-0.4, -0.2) is 17.2 Å². The zero-order chi connectivity index (χ0) is 11.5. The molecule has 0 fully saturated rings. The second-order valence-corrected chi connectivity index (χ2v) is 3.17. The molecule has 2 nitrogen and oxygen atoms in total. The molecule has 1 aromatic rings. The maximum absolute atomic E-state index is 12.4. The molecule has 0 heterocycles. The minimum absolute atomic E-state index is 0.00660. The van der Waals surface area contributed by atoms with Crippen molar-refractivity contribution >= 4 is 7.12 Å². The Morgan fingerprint density at radius 1 is 1.13 bits per heavy atom. The highest BCUT2D eigenvalue weighted by Crippen LogP contribution is 2.32. The van der Waals surface area contributed by atoms with Crippen LogP contribution in [0.2, 0.25) is 6.32 Å². The van der Waals surface area contributed by atoms with E-state index >= 15 is 0 Å². The third kappa shape index (κ3) is 3.56. The largest absolute Gasteiger partial charge is 0.451 e. The van der Waals surface area contributed by atoms with Gasteiger partial charge in [-0.15, -0.1) is 0 Å². The molecule has 82 valence electrons. The van der Waals surface area contributed by atoms with Crippen molar-refractivity contribution in [2.24, 2.45) is 0 Å². The normalized spacial score (nSPS) is 11.5. The average molecular weight is 218 g/mol. The maximum Gasteiger partial charge on any atom is 0.451 e. The van der Waals surface area contributed by atoms with Gasteiger partial charge in [0.05, 0.1) is 5.56 Å². The van der Waals surface area contributed by atoms with Crippen LogP contribution >= 0.6 is 0 Å². The number of halogens is 3. The Balaban J connectivity index is 2.87. The minimum atomic E-state index is -4.39. The van der Waals surface area contributed by atoms with Crippen LogP contribution in [-0.2, 0) is 12.6 Å². The summed E-state index contributed by atoms with van der Waals surface area (Å²) in [6.07, 6.45) is -4.50. The Labute approximate surface area is 85.5 Å². The van der Waals surface area contributed by atoms with Crippen LogP contribution in [0.25, 0.3) is 0 Å². The van der Waals surface area contributed by atoms with Gasteiger partial charge >= 0.3 is 13.3 Å². The molecule has 0 aliphatic rings. The van der Waals surface area contributed by atoms with E-state index in [1.807, 2.05) is 0 Å². The average Bonchev–Trinajstić information content (AvgIpc) is 2.13. The molecule has 0 saturated carbocycles. The predicted molar refractivity (Wildman–Crippen MR) is 50.1 cm³/mol. The van der Waals surface area contributed by atoms with Gasteiger partial charge in [-0.2, -0.15) is 13.2 Å². The number of benzene rings is 1. The van der Waals surface area contributed by atoms with Crippen molar-refractivity contribution in [3.8, 4) is 0 Å². The van der Waals surface area contributed by atoms with Crippen LogP contribution in [0, 0.1) is 0 Å². The first-order valence-electron chi connectivity index (χ1n) is 4.42. The van der Waals surface area contributed by atoms with Gasteiger partial charge in [0.25, 0.3) is 0 Å². The fourth-order valence-corrected chi connectivity index (χ4v) is 1.30. The smallest absolute Gasteiger partial charge is 0.427 e. The molecule has 0 aliphatic heterocycles. The lowest BCUT2D eigenvalue weighted by Crippen LogP contribution is -2.14. The topological polar surface area (TPSA) is 40.5 Å². The molecule has 1 aromatic carbocycles. The van der Waals surface area contributed by atoms with Crippen LogP contribution in [0.3, 0.4) is 0 Å². The number of rotatable bonds is 3. The highest BCUT2D eigenvalue weighted by atomic mass is 19.4. The van der Waals surface area contributed by atoms with Crippen molar-refractivity contribution in [2.75, 3.05) is 0 Å². The van der Waals surface area contributed by atoms with Gasteiger partial charge in [0.1, 0.15) is 0 Å². The maximum atomic E-state index is 12.4. The molecule has 1 rings (SSSR count). The van der Waals surface area contributed by atoms with E-state index in [2.05, 4.69) is 0 Å². The van der Waals surface area contributed by atoms with Gasteiger partial charge in [0.15, 0.2) is 0 Å². The number of aryl methyl sites for hydroxylation is 1. The zero-order valence-corrected chi connectivity index (χ0v) is 7.83. The summed E-state index contributed by atoms with van der Waals surface area (Å²) >= 11 is 0. The molecule has 0 atom stereocenters. The summed E-state index contributed by atoms with van der Waals surface area (Å²) in [6.45, 7) is 0. The molecule has 0 saturated heterocycles. The molecule has 15 heavy (non-hydrogen) atoms. The SMILES string of the molecule is OB(O)CCc1ccccc1C(F)(F)F. The van der Waals surface area contributed by atoms with E-state index in [4.69, 9.17) is 10.0 Å². The van der Waals surface area contributed by atoms with Gasteiger partial charge in [-0.3, -0.25) is 0 Å². The Bertz CT molecular complexity index is 325. The molecule has 2 N–H and O–H groups in total. The number of alkyl halides is 3. The van der Waals surface area contributed by atoms with Crippen molar-refractivity contribution in [1.82, 2.24) is 0 Å². The molecule has 0 unspecified atom stereocenters. The minimum Gasteiger partial charge on any atom is -0.427 e. The molecular weight excluding hydrogens is 208 g/mol. The Hall–Kier alpha value is -1.01. The van der Waals surface area contributed by atoms with Crippen LogP contribution in [0.5, 0.6) is 0 Å². The molecule has 6 heteroatoms. The van der Waals surface area contributed by atoms with E-state index in [0.717, 1.165) is 6.07 Å². The van der Waals surface area contributed by atoms with Crippen molar-refractivity contribution in [2.45, 2.75) is 18.9 Å². The van der Waals surface area contributed by atoms with Gasteiger partial charge < -0.3 is 10.0 Å². The fraction of sp³-hybridized carbons (Fsp3) is 0.333. The second kappa shape index (κ2) is 4.68. The first-order chi connectivity index (χ1) is 6.91. The van der Waals surface area contributed by atoms with Crippen LogP contribution in [0.4, 0.5) is 13.2 Å². The van der Waals surface area contributed by atoms with Crippen molar-refractivity contribution < 1.29 is 23.2 Å². The van der Waals surface area contributed by atoms with E-state index in [1.54, 1.807) is 0 Å². The molecule has 0 radical (unpaired) electrons. The van der Waals surface area contributed by atoms with Gasteiger partial charge in [-0.25, -0.2) is 0 Å². The standard InChI is InChI=1S/C9H10BF3O2/c11-9(12,13)8-4-2-1-3-7(8)5-6-10(14)15/h1-4,14-15H,5-6H2. The third-order valence-electron chi connectivity index (χ3n) is 1.99. The quantitative estimate of drug-likeness (QED) is 0.758. The predicted octanol–water partition coefficient (Wildman–Crippen LogP) is 1.72. The van der Waals surface area contributed by atoms with Gasteiger partial charge in [0.2, 0.25) is 0 Å². The van der Waals surface area contributed by atoms with E-state index in [-0.39, 0.29) is 18.3 Å². The first-order valence-corrected chi connectivity index (χ1v) is 4.42. The molecular formula is C9H10BF3O2. The Morgan fingerprint density at radius 3 is 2.27 bits per heavy atom. The summed E-state index contributed by atoms with van der Waals surface area (Å²) in [4.78, 5) is 0. The van der Waals surface area contributed by atoms with Crippen molar-refractivity contribution in [1.29, 1.82) is 0 Å². The molecule has 0 spiro atoms. The Kier molecular flexibility index (Phi) is 3.76. The van der Waals surface area contributed by atoms with Crippen LogP contribution < -0.4 is 0 Å². The molecule has 0 aliphatic carbocycles. The summed E-state index contributed by atoms with van der Waals surface area (Å²) in [7, 11) is -1.58. The van der Waals surface area contributed by atoms with Gasteiger partial charge in [-0.05, 0) is 24.4 Å². The van der Waals surface area contributed by atoms with Gasteiger partial charge in [0, 0.05) is 0 Å². The summed E-state index contributed by atoms with van der Waals surface area (Å²) in [5.41, 5.74) is -0.635. The lowest BCUT2D eigenvalue weighted by molar-refractivity contribution is -0.138. The van der Waals surface area contributed by atoms with E-state index in [0.29, 0.717) is 0 Å². The van der Waals surface area contributed by atoms with E-state index < -0.39 is 18.9 Å². The van der Waals surface area contributed by atoms with E-state index in [9.17, 15) is 13.2 Å². The summed E-state index contributed by atoms with van der Waals surface area (Å²) in [5.74, 6) is 0. The van der Waals surface area contributed by atoms with Crippen molar-refractivity contribution in [3.05, 3.63) is 35.4 Å². The highest BCUT2D eigenvalue weighted by Gasteiger charge is 2.32. The molecule has 0 amide bonds. The summed E-state index contributed by atoms with van der Waals surface area (Å²) in [5, 5.41) is 17.2. The lowest BCUT2D eigenvalue weighted by atomic mass is 9.82. The third-order valence-corrected chi connectivity index (χ3v) is 1.99. The Morgan fingerprint density at radius 2 is 1.73 bits per heavy atom. The first kappa shape index (κ1) is 12.1. The monoisotopic (exact) mass is 218 g/mol. The van der Waals surface area contributed by atoms with Gasteiger partial charge in [-0.1, -0.05) is 18.2 Å². The molecule has 0 bridgehead atoms. The number of hydrogen-bond donors (Lipinski definition) is 2. The zero-order valence-electron chi connectivity index (χ0n) is 7.83. The summed E-state index contributed by atoms with van der Waals surface area (Å²) in [6, 6.07) is 5.13. The van der Waals surface area contributed by atoms with Crippen LogP contribution in [0.1, 0.15) is 11.1 Å². The number of hydrogen-bond acceptors (Lipinski definition) is 2. The molecule has 0 aromatic heterocycles. The summed E-state index contributed by atoms with van der Waals surface area (Å²) < 4.78 is 37.3. The van der Waals surface area contributed by atoms with E-state index in [1.165, 1.54) is 18.2 Å². The second-order valence-electron chi connectivity index (χ2n) is 3.17. The van der Waals surface area contributed by atoms with Crippen LogP contribution in [0.15, 0.2) is 24.3 Å². The highest BCUT2D eigenvalue weighted by molar-refractivity contribution is 6.41. The lowest BCUT2D eigenvalue weighted by Gasteiger charge is -2.12. The fourth-order valence-electron chi connectivity index (χ4n) is 1.30. The van der Waals surface area contributed by atoms with Crippen molar-refractivity contribution in [3.63, 3.8) is 0 Å².